The molecule has 2 aromatic rings. The second-order valence-electron chi connectivity index (χ2n) is 5.73. The van der Waals surface area contributed by atoms with Crippen LogP contribution in [0.1, 0.15) is 19.5 Å². The molecule has 19 heavy (non-hydrogen) atoms. The lowest BCUT2D eigenvalue weighted by atomic mass is 10.00. The number of rotatable bonds is 2. The van der Waals surface area contributed by atoms with Crippen molar-refractivity contribution in [1.29, 1.82) is 0 Å². The first-order valence-corrected chi connectivity index (χ1v) is 8.49. The van der Waals surface area contributed by atoms with Crippen LogP contribution in [0.15, 0.2) is 11.6 Å². The molecule has 0 unspecified atom stereocenters. The lowest BCUT2D eigenvalue weighted by molar-refractivity contribution is 0.138. The number of hydrogen-bond donors (Lipinski definition) is 0. The summed E-state index contributed by atoms with van der Waals surface area (Å²) in [5.74, 6) is 1.14. The predicted molar refractivity (Wildman–Crippen MR) is 84.6 cm³/mol. The molecule has 3 rings (SSSR count). The van der Waals surface area contributed by atoms with E-state index in [1.807, 2.05) is 0 Å². The zero-order valence-electron chi connectivity index (χ0n) is 11.6. The van der Waals surface area contributed by atoms with Crippen LogP contribution in [0.2, 0.25) is 0 Å². The van der Waals surface area contributed by atoms with Crippen molar-refractivity contribution in [2.45, 2.75) is 24.7 Å². The Labute approximate surface area is 126 Å². The van der Waals surface area contributed by atoms with Gasteiger partial charge in [-0.3, -0.25) is 9.30 Å². The van der Waals surface area contributed by atoms with Gasteiger partial charge >= 0.3 is 0 Å². The number of piperazine rings is 1. The highest BCUT2D eigenvalue weighted by Crippen LogP contribution is 2.30. The van der Waals surface area contributed by atoms with Gasteiger partial charge in [0.05, 0.1) is 5.69 Å². The SMILES string of the molecule is CN1CCN(c2nc3sccn3c2CBr)CC1(C)C. The van der Waals surface area contributed by atoms with E-state index in [4.69, 9.17) is 4.98 Å². The van der Waals surface area contributed by atoms with Crippen molar-refractivity contribution in [3.63, 3.8) is 0 Å². The van der Waals surface area contributed by atoms with E-state index < -0.39 is 0 Å². The van der Waals surface area contributed by atoms with Gasteiger partial charge in [0.15, 0.2) is 10.8 Å². The second kappa shape index (κ2) is 4.75. The third-order valence-corrected chi connectivity index (χ3v) is 5.37. The molecule has 0 saturated carbocycles. The Hall–Kier alpha value is -0.590. The van der Waals surface area contributed by atoms with Gasteiger partial charge in [0.2, 0.25) is 0 Å². The Kier molecular flexibility index (Phi) is 3.35. The van der Waals surface area contributed by atoms with Crippen molar-refractivity contribution in [2.24, 2.45) is 0 Å². The number of anilines is 1. The van der Waals surface area contributed by atoms with Crippen LogP contribution < -0.4 is 4.90 Å². The third kappa shape index (κ3) is 2.19. The highest BCUT2D eigenvalue weighted by molar-refractivity contribution is 9.08. The Bertz CT molecular complexity index is 588. The van der Waals surface area contributed by atoms with Gasteiger partial charge in [0, 0.05) is 42.1 Å². The summed E-state index contributed by atoms with van der Waals surface area (Å²) in [6, 6.07) is 0. The number of nitrogens with zero attached hydrogens (tertiary/aromatic N) is 4. The van der Waals surface area contributed by atoms with Gasteiger partial charge in [0.1, 0.15) is 0 Å². The molecule has 1 aliphatic rings. The van der Waals surface area contributed by atoms with Crippen LogP contribution in [0.3, 0.4) is 0 Å². The fourth-order valence-electron chi connectivity index (χ4n) is 2.62. The molecule has 0 atom stereocenters. The van der Waals surface area contributed by atoms with Gasteiger partial charge < -0.3 is 4.90 Å². The summed E-state index contributed by atoms with van der Waals surface area (Å²) in [5, 5.41) is 2.93. The van der Waals surface area contributed by atoms with Gasteiger partial charge in [-0.15, -0.1) is 11.3 Å². The smallest absolute Gasteiger partial charge is 0.195 e. The Morgan fingerprint density at radius 3 is 2.89 bits per heavy atom. The highest BCUT2D eigenvalue weighted by atomic mass is 79.9. The molecule has 1 saturated heterocycles. The third-order valence-electron chi connectivity index (χ3n) is 4.08. The van der Waals surface area contributed by atoms with E-state index >= 15 is 0 Å². The average Bonchev–Trinajstić information content (AvgIpc) is 2.92. The summed E-state index contributed by atoms with van der Waals surface area (Å²) in [4.78, 5) is 10.8. The van der Waals surface area contributed by atoms with Crippen LogP contribution in [0.5, 0.6) is 0 Å². The number of imidazole rings is 1. The number of halogens is 1. The van der Waals surface area contributed by atoms with E-state index in [-0.39, 0.29) is 5.54 Å². The van der Waals surface area contributed by atoms with Gasteiger partial charge in [-0.05, 0) is 20.9 Å². The topological polar surface area (TPSA) is 23.8 Å². The molecule has 0 bridgehead atoms. The molecular formula is C13H19BrN4S. The minimum absolute atomic E-state index is 0.193. The predicted octanol–water partition coefficient (Wildman–Crippen LogP) is 2.82. The molecule has 1 fully saturated rings. The van der Waals surface area contributed by atoms with Crippen LogP contribution in [-0.2, 0) is 5.33 Å². The molecular weight excluding hydrogens is 324 g/mol. The van der Waals surface area contributed by atoms with E-state index in [1.165, 1.54) is 5.69 Å². The fourth-order valence-corrected chi connectivity index (χ4v) is 3.87. The van der Waals surface area contributed by atoms with Crippen molar-refractivity contribution in [1.82, 2.24) is 14.3 Å². The highest BCUT2D eigenvalue weighted by Gasteiger charge is 2.33. The van der Waals surface area contributed by atoms with Crippen molar-refractivity contribution >= 4 is 38.0 Å². The molecule has 0 amide bonds. The maximum Gasteiger partial charge on any atom is 0.195 e. The lowest BCUT2D eigenvalue weighted by Gasteiger charge is -2.45. The Morgan fingerprint density at radius 2 is 2.21 bits per heavy atom. The van der Waals surface area contributed by atoms with Gasteiger partial charge in [-0.1, -0.05) is 15.9 Å². The van der Waals surface area contributed by atoms with Crippen molar-refractivity contribution in [3.05, 3.63) is 17.3 Å². The number of alkyl halides is 1. The van der Waals surface area contributed by atoms with Crippen molar-refractivity contribution < 1.29 is 0 Å². The number of thiazole rings is 1. The zero-order chi connectivity index (χ0) is 13.6. The molecule has 6 heteroatoms. The number of hydrogen-bond acceptors (Lipinski definition) is 4. The van der Waals surface area contributed by atoms with E-state index in [2.05, 4.69) is 62.6 Å². The molecule has 1 aliphatic heterocycles. The zero-order valence-corrected chi connectivity index (χ0v) is 14.0. The van der Waals surface area contributed by atoms with E-state index in [0.717, 1.165) is 35.7 Å². The molecule has 3 heterocycles. The molecule has 0 spiro atoms. The average molecular weight is 343 g/mol. The minimum Gasteiger partial charge on any atom is -0.352 e. The van der Waals surface area contributed by atoms with Crippen LogP contribution >= 0.6 is 27.3 Å². The first-order valence-electron chi connectivity index (χ1n) is 6.49. The van der Waals surface area contributed by atoms with Gasteiger partial charge in [-0.2, -0.15) is 0 Å². The molecule has 104 valence electrons. The van der Waals surface area contributed by atoms with Gasteiger partial charge in [0.25, 0.3) is 0 Å². The monoisotopic (exact) mass is 342 g/mol. The quantitative estimate of drug-likeness (QED) is 0.784. The number of likely N-dealkylation sites (N-methyl/N-ethyl adjacent to an activating group) is 1. The molecule has 2 aromatic heterocycles. The summed E-state index contributed by atoms with van der Waals surface area (Å²) in [5.41, 5.74) is 1.45. The minimum atomic E-state index is 0.193. The first-order chi connectivity index (χ1) is 9.03. The van der Waals surface area contributed by atoms with E-state index in [1.54, 1.807) is 11.3 Å². The molecule has 0 N–H and O–H groups in total. The lowest BCUT2D eigenvalue weighted by Crippen LogP contribution is -2.58. The van der Waals surface area contributed by atoms with Crippen LogP contribution in [-0.4, -0.2) is 46.5 Å². The summed E-state index contributed by atoms with van der Waals surface area (Å²) >= 11 is 5.30. The fraction of sp³-hybridized carbons (Fsp3) is 0.615. The summed E-state index contributed by atoms with van der Waals surface area (Å²) < 4.78 is 2.19. The van der Waals surface area contributed by atoms with Crippen LogP contribution in [0, 0.1) is 0 Å². The Morgan fingerprint density at radius 1 is 1.42 bits per heavy atom. The van der Waals surface area contributed by atoms with Gasteiger partial charge in [-0.25, -0.2) is 4.98 Å². The summed E-state index contributed by atoms with van der Waals surface area (Å²) in [6.07, 6.45) is 2.11. The normalized spacial score (nSPS) is 20.3. The van der Waals surface area contributed by atoms with Crippen LogP contribution in [0.25, 0.3) is 4.96 Å². The molecule has 0 aromatic carbocycles. The standard InChI is InChI=1S/C13H19BrN4S/c1-13(2)9-17(5-4-16(13)3)11-10(8-14)18-6-7-19-12(18)15-11/h6-7H,4-5,8-9H2,1-3H3. The summed E-state index contributed by atoms with van der Waals surface area (Å²) in [7, 11) is 2.20. The first kappa shape index (κ1) is 13.4. The molecule has 4 nitrogen and oxygen atoms in total. The maximum atomic E-state index is 4.82. The van der Waals surface area contributed by atoms with Crippen LogP contribution in [0.4, 0.5) is 5.82 Å². The van der Waals surface area contributed by atoms with Crippen molar-refractivity contribution in [3.8, 4) is 0 Å². The number of fused-ring (bicyclic) bond motifs is 1. The van der Waals surface area contributed by atoms with E-state index in [0.29, 0.717) is 0 Å². The largest absolute Gasteiger partial charge is 0.352 e. The Balaban J connectivity index is 1.98. The maximum absolute atomic E-state index is 4.82. The summed E-state index contributed by atoms with van der Waals surface area (Å²) in [6.45, 7) is 7.75. The second-order valence-corrected chi connectivity index (χ2v) is 7.16. The number of aromatic nitrogens is 2. The van der Waals surface area contributed by atoms with Crippen molar-refractivity contribution in [2.75, 3.05) is 31.6 Å². The molecule has 0 radical (unpaired) electrons. The molecule has 0 aliphatic carbocycles. The van der Waals surface area contributed by atoms with E-state index in [9.17, 15) is 0 Å².